The zero-order valence-corrected chi connectivity index (χ0v) is 12.1. The van der Waals surface area contributed by atoms with Gasteiger partial charge in [-0.3, -0.25) is 4.98 Å². The van der Waals surface area contributed by atoms with E-state index in [9.17, 15) is 9.90 Å². The van der Waals surface area contributed by atoms with Crippen molar-refractivity contribution < 1.29 is 9.90 Å². The molecule has 0 saturated heterocycles. The lowest BCUT2D eigenvalue weighted by atomic mass is 10.0. The van der Waals surface area contributed by atoms with E-state index in [1.165, 1.54) is 0 Å². The van der Waals surface area contributed by atoms with Crippen LogP contribution in [0, 0.1) is 0 Å². The third-order valence-corrected chi connectivity index (χ3v) is 3.85. The highest BCUT2D eigenvalue weighted by Gasteiger charge is 2.11. The van der Waals surface area contributed by atoms with Crippen molar-refractivity contribution in [2.24, 2.45) is 0 Å². The molecule has 1 aromatic heterocycles. The van der Waals surface area contributed by atoms with Crippen molar-refractivity contribution in [2.45, 2.75) is 0 Å². The van der Waals surface area contributed by atoms with Crippen LogP contribution in [0.4, 0.5) is 0 Å². The van der Waals surface area contributed by atoms with E-state index in [4.69, 9.17) is 0 Å². The van der Waals surface area contributed by atoms with Crippen molar-refractivity contribution in [1.82, 2.24) is 9.97 Å². The Hall–Kier alpha value is -3.27. The molecule has 1 heterocycles. The highest BCUT2D eigenvalue weighted by atomic mass is 16.4. The molecule has 0 atom stereocenters. The fourth-order valence-corrected chi connectivity index (χ4v) is 2.69. The number of fused-ring (bicyclic) bond motifs is 2. The van der Waals surface area contributed by atoms with E-state index in [-0.39, 0.29) is 5.56 Å². The number of hydrogen-bond acceptors (Lipinski definition) is 3. The van der Waals surface area contributed by atoms with Crippen molar-refractivity contribution >= 4 is 27.8 Å². The number of aromatic nitrogens is 2. The van der Waals surface area contributed by atoms with Gasteiger partial charge in [0.05, 0.1) is 23.0 Å². The molecule has 0 spiro atoms. The van der Waals surface area contributed by atoms with Gasteiger partial charge in [0.2, 0.25) is 0 Å². The number of rotatable bonds is 2. The van der Waals surface area contributed by atoms with Gasteiger partial charge in [-0.15, -0.1) is 0 Å². The summed E-state index contributed by atoms with van der Waals surface area (Å²) >= 11 is 0. The molecule has 0 amide bonds. The van der Waals surface area contributed by atoms with Gasteiger partial charge < -0.3 is 5.11 Å². The van der Waals surface area contributed by atoms with Crippen molar-refractivity contribution in [2.75, 3.05) is 0 Å². The monoisotopic (exact) mass is 300 g/mol. The minimum Gasteiger partial charge on any atom is -0.478 e. The molecule has 0 unspecified atom stereocenters. The van der Waals surface area contributed by atoms with Crippen LogP contribution in [0.1, 0.15) is 10.4 Å². The van der Waals surface area contributed by atoms with Crippen molar-refractivity contribution in [3.05, 3.63) is 72.4 Å². The van der Waals surface area contributed by atoms with Gasteiger partial charge in [0, 0.05) is 5.56 Å². The summed E-state index contributed by atoms with van der Waals surface area (Å²) < 4.78 is 0. The Balaban J connectivity index is 1.93. The first-order valence-electron chi connectivity index (χ1n) is 7.20. The smallest absolute Gasteiger partial charge is 0.337 e. The molecule has 1 N–H and O–H groups in total. The van der Waals surface area contributed by atoms with Gasteiger partial charge in [-0.2, -0.15) is 0 Å². The van der Waals surface area contributed by atoms with E-state index in [0.717, 1.165) is 16.3 Å². The van der Waals surface area contributed by atoms with E-state index in [1.54, 1.807) is 24.4 Å². The number of carboxylic acids is 1. The maximum absolute atomic E-state index is 11.4. The third-order valence-electron chi connectivity index (χ3n) is 3.85. The average molecular weight is 300 g/mol. The van der Waals surface area contributed by atoms with Crippen LogP contribution in [0.3, 0.4) is 0 Å². The average Bonchev–Trinajstić information content (AvgIpc) is 2.60. The quantitative estimate of drug-likeness (QED) is 0.604. The molecular weight excluding hydrogens is 288 g/mol. The SMILES string of the molecule is O=C(O)c1cccc2ncc(-c3ccc4ccccc4c3)nc12. The number of hydrogen-bond donors (Lipinski definition) is 1. The largest absolute Gasteiger partial charge is 0.478 e. The van der Waals surface area contributed by atoms with Crippen LogP contribution in [-0.2, 0) is 0 Å². The Morgan fingerprint density at radius 1 is 0.913 bits per heavy atom. The molecule has 0 bridgehead atoms. The van der Waals surface area contributed by atoms with Gasteiger partial charge in [0.25, 0.3) is 0 Å². The van der Waals surface area contributed by atoms with Crippen molar-refractivity contribution in [3.63, 3.8) is 0 Å². The number of carbonyl (C=O) groups is 1. The lowest BCUT2D eigenvalue weighted by Crippen LogP contribution is -2.00. The molecule has 4 rings (SSSR count). The van der Waals surface area contributed by atoms with Gasteiger partial charge in [-0.05, 0) is 29.0 Å². The molecule has 110 valence electrons. The highest BCUT2D eigenvalue weighted by Crippen LogP contribution is 2.25. The molecule has 4 aromatic rings. The standard InChI is InChI=1S/C19H12N2O2/c22-19(23)15-6-3-7-16-18(15)21-17(11-20-16)14-9-8-12-4-1-2-5-13(12)10-14/h1-11H,(H,22,23). The zero-order chi connectivity index (χ0) is 15.8. The molecule has 4 nitrogen and oxygen atoms in total. The molecule has 0 aliphatic carbocycles. The van der Waals surface area contributed by atoms with Crippen LogP contribution < -0.4 is 0 Å². The number of para-hydroxylation sites is 1. The number of benzene rings is 3. The van der Waals surface area contributed by atoms with Crippen LogP contribution in [0.2, 0.25) is 0 Å². The zero-order valence-electron chi connectivity index (χ0n) is 12.1. The first-order chi connectivity index (χ1) is 11.2. The van der Waals surface area contributed by atoms with Gasteiger partial charge in [0.1, 0.15) is 5.52 Å². The Morgan fingerprint density at radius 2 is 1.74 bits per heavy atom. The highest BCUT2D eigenvalue weighted by molar-refractivity contribution is 6.01. The second-order valence-electron chi connectivity index (χ2n) is 5.30. The normalized spacial score (nSPS) is 11.0. The summed E-state index contributed by atoms with van der Waals surface area (Å²) in [5, 5.41) is 11.6. The summed E-state index contributed by atoms with van der Waals surface area (Å²) in [6.07, 6.45) is 1.68. The second kappa shape index (κ2) is 5.18. The van der Waals surface area contributed by atoms with E-state index in [1.807, 2.05) is 42.5 Å². The predicted molar refractivity (Wildman–Crippen MR) is 89.4 cm³/mol. The fraction of sp³-hybridized carbons (Fsp3) is 0. The lowest BCUT2D eigenvalue weighted by Gasteiger charge is -2.06. The lowest BCUT2D eigenvalue weighted by molar-refractivity contribution is 0.0699. The summed E-state index contributed by atoms with van der Waals surface area (Å²) in [5.41, 5.74) is 2.73. The number of carboxylic acid groups (broad SMARTS) is 1. The summed E-state index contributed by atoms with van der Waals surface area (Å²) in [6.45, 7) is 0. The van der Waals surface area contributed by atoms with Crippen LogP contribution in [0.5, 0.6) is 0 Å². The van der Waals surface area contributed by atoms with E-state index >= 15 is 0 Å². The van der Waals surface area contributed by atoms with E-state index < -0.39 is 5.97 Å². The maximum Gasteiger partial charge on any atom is 0.337 e. The first-order valence-corrected chi connectivity index (χ1v) is 7.20. The summed E-state index contributed by atoms with van der Waals surface area (Å²) in [4.78, 5) is 20.3. The number of aromatic carboxylic acids is 1. The first kappa shape index (κ1) is 13.4. The Bertz CT molecular complexity index is 1060. The summed E-state index contributed by atoms with van der Waals surface area (Å²) in [5.74, 6) is -0.999. The van der Waals surface area contributed by atoms with E-state index in [2.05, 4.69) is 9.97 Å². The molecule has 0 aliphatic rings. The van der Waals surface area contributed by atoms with Crippen molar-refractivity contribution in [3.8, 4) is 11.3 Å². The molecule has 23 heavy (non-hydrogen) atoms. The van der Waals surface area contributed by atoms with Gasteiger partial charge >= 0.3 is 5.97 Å². The van der Waals surface area contributed by atoms with Gasteiger partial charge in [0.15, 0.2) is 0 Å². The Morgan fingerprint density at radius 3 is 2.57 bits per heavy atom. The van der Waals surface area contributed by atoms with Crippen LogP contribution in [0.15, 0.2) is 66.9 Å². The van der Waals surface area contributed by atoms with Crippen molar-refractivity contribution in [1.29, 1.82) is 0 Å². The van der Waals surface area contributed by atoms with Crippen LogP contribution in [0.25, 0.3) is 33.1 Å². The van der Waals surface area contributed by atoms with Crippen LogP contribution >= 0.6 is 0 Å². The maximum atomic E-state index is 11.4. The predicted octanol–water partition coefficient (Wildman–Crippen LogP) is 4.15. The molecular formula is C19H12N2O2. The topological polar surface area (TPSA) is 63.1 Å². The second-order valence-corrected chi connectivity index (χ2v) is 5.30. The minimum atomic E-state index is -0.999. The molecule has 3 aromatic carbocycles. The summed E-state index contributed by atoms with van der Waals surface area (Å²) in [6, 6.07) is 19.1. The minimum absolute atomic E-state index is 0.164. The van der Waals surface area contributed by atoms with Gasteiger partial charge in [-0.1, -0.05) is 42.5 Å². The fourth-order valence-electron chi connectivity index (χ4n) is 2.69. The Labute approximate surface area is 132 Å². The molecule has 0 aliphatic heterocycles. The number of nitrogens with zero attached hydrogens (tertiary/aromatic N) is 2. The molecule has 4 heteroatoms. The van der Waals surface area contributed by atoms with Crippen LogP contribution in [-0.4, -0.2) is 21.0 Å². The van der Waals surface area contributed by atoms with Gasteiger partial charge in [-0.25, -0.2) is 9.78 Å². The Kier molecular flexibility index (Phi) is 3.01. The molecule has 0 saturated carbocycles. The molecule has 0 fully saturated rings. The third kappa shape index (κ3) is 2.30. The van der Waals surface area contributed by atoms with E-state index in [0.29, 0.717) is 16.7 Å². The molecule has 0 radical (unpaired) electrons. The summed E-state index contributed by atoms with van der Waals surface area (Å²) in [7, 11) is 0.